The molecule has 2 heterocycles. The summed E-state index contributed by atoms with van der Waals surface area (Å²) in [6, 6.07) is 8.49. The van der Waals surface area contributed by atoms with Gasteiger partial charge in [-0.2, -0.15) is 9.61 Å². The maximum Gasteiger partial charge on any atom is 0.188 e. The van der Waals surface area contributed by atoms with Gasteiger partial charge in [0, 0.05) is 0 Å². The standard InChI is InChI=1S/C16H17FN4/c1-10-12(16(2,3)4)9-14-18-19-15(21(14)20-10)11-7-5-6-8-13(11)17/h5-9H,1-4H3. The van der Waals surface area contributed by atoms with Gasteiger partial charge in [-0.3, -0.25) is 0 Å². The Balaban J connectivity index is 2.25. The van der Waals surface area contributed by atoms with Gasteiger partial charge in [-0.25, -0.2) is 4.39 Å². The second-order valence-electron chi connectivity index (χ2n) is 6.17. The number of rotatable bonds is 1. The van der Waals surface area contributed by atoms with Gasteiger partial charge >= 0.3 is 0 Å². The third-order valence-corrected chi connectivity index (χ3v) is 3.50. The van der Waals surface area contributed by atoms with Crippen molar-refractivity contribution < 1.29 is 4.39 Å². The zero-order valence-corrected chi connectivity index (χ0v) is 12.6. The van der Waals surface area contributed by atoms with Crippen molar-refractivity contribution in [2.24, 2.45) is 0 Å². The molecular weight excluding hydrogens is 267 g/mol. The number of fused-ring (bicyclic) bond motifs is 1. The van der Waals surface area contributed by atoms with Crippen molar-refractivity contribution >= 4 is 5.65 Å². The van der Waals surface area contributed by atoms with Gasteiger partial charge in [-0.15, -0.1) is 10.2 Å². The Labute approximate surface area is 122 Å². The Morgan fingerprint density at radius 3 is 2.48 bits per heavy atom. The van der Waals surface area contributed by atoms with Crippen LogP contribution in [0.3, 0.4) is 0 Å². The molecule has 0 aliphatic rings. The Morgan fingerprint density at radius 1 is 1.10 bits per heavy atom. The molecule has 1 aromatic carbocycles. The molecule has 0 saturated carbocycles. The first-order valence-corrected chi connectivity index (χ1v) is 6.86. The average molecular weight is 284 g/mol. The smallest absolute Gasteiger partial charge is 0.188 e. The molecule has 0 aliphatic heterocycles. The van der Waals surface area contributed by atoms with Gasteiger partial charge < -0.3 is 0 Å². The minimum absolute atomic E-state index is 0.0249. The molecule has 0 radical (unpaired) electrons. The summed E-state index contributed by atoms with van der Waals surface area (Å²) in [5.74, 6) is 0.0952. The molecule has 0 bridgehead atoms. The number of hydrogen-bond donors (Lipinski definition) is 0. The predicted molar refractivity (Wildman–Crippen MR) is 79.6 cm³/mol. The summed E-state index contributed by atoms with van der Waals surface area (Å²) in [6.07, 6.45) is 0. The minimum Gasteiger partial charge on any atom is -0.206 e. The minimum atomic E-state index is -0.328. The highest BCUT2D eigenvalue weighted by Crippen LogP contribution is 2.27. The highest BCUT2D eigenvalue weighted by molar-refractivity contribution is 5.60. The molecule has 0 N–H and O–H groups in total. The first-order valence-electron chi connectivity index (χ1n) is 6.86. The maximum absolute atomic E-state index is 13.9. The number of aromatic nitrogens is 4. The van der Waals surface area contributed by atoms with Crippen LogP contribution in [-0.2, 0) is 5.41 Å². The van der Waals surface area contributed by atoms with E-state index in [0.717, 1.165) is 11.3 Å². The molecule has 0 amide bonds. The van der Waals surface area contributed by atoms with E-state index in [4.69, 9.17) is 0 Å². The first kappa shape index (κ1) is 13.7. The number of halogens is 1. The molecule has 3 aromatic rings. The maximum atomic E-state index is 13.9. The van der Waals surface area contributed by atoms with E-state index < -0.39 is 0 Å². The van der Waals surface area contributed by atoms with Crippen molar-refractivity contribution in [1.82, 2.24) is 19.8 Å². The molecule has 21 heavy (non-hydrogen) atoms. The van der Waals surface area contributed by atoms with Crippen LogP contribution in [0.4, 0.5) is 4.39 Å². The molecule has 0 unspecified atom stereocenters. The van der Waals surface area contributed by atoms with Crippen LogP contribution in [0.1, 0.15) is 32.0 Å². The lowest BCUT2D eigenvalue weighted by Gasteiger charge is -2.20. The summed E-state index contributed by atoms with van der Waals surface area (Å²) in [5, 5.41) is 12.8. The van der Waals surface area contributed by atoms with Gasteiger partial charge in [0.25, 0.3) is 0 Å². The third-order valence-electron chi connectivity index (χ3n) is 3.50. The summed E-state index contributed by atoms with van der Waals surface area (Å²) in [4.78, 5) is 0. The number of nitrogens with zero attached hydrogens (tertiary/aromatic N) is 4. The topological polar surface area (TPSA) is 43.1 Å². The molecule has 0 atom stereocenters. The summed E-state index contributed by atoms with van der Waals surface area (Å²) < 4.78 is 15.5. The van der Waals surface area contributed by atoms with Crippen LogP contribution in [0, 0.1) is 12.7 Å². The van der Waals surface area contributed by atoms with Crippen LogP contribution >= 0.6 is 0 Å². The van der Waals surface area contributed by atoms with Crippen LogP contribution in [0.15, 0.2) is 30.3 Å². The highest BCUT2D eigenvalue weighted by atomic mass is 19.1. The summed E-state index contributed by atoms with van der Waals surface area (Å²) >= 11 is 0. The van der Waals surface area contributed by atoms with E-state index in [0.29, 0.717) is 17.0 Å². The van der Waals surface area contributed by atoms with Crippen LogP contribution < -0.4 is 0 Å². The number of hydrogen-bond acceptors (Lipinski definition) is 3. The van der Waals surface area contributed by atoms with Crippen LogP contribution in [0.2, 0.25) is 0 Å². The normalized spacial score (nSPS) is 12.0. The summed E-state index contributed by atoms with van der Waals surface area (Å²) in [5.41, 5.74) is 3.02. The fraction of sp³-hybridized carbons (Fsp3) is 0.312. The van der Waals surface area contributed by atoms with E-state index in [1.165, 1.54) is 6.07 Å². The number of aryl methyl sites for hydroxylation is 1. The van der Waals surface area contributed by atoms with Gasteiger partial charge in [0.2, 0.25) is 0 Å². The second-order valence-corrected chi connectivity index (χ2v) is 6.17. The lowest BCUT2D eigenvalue weighted by molar-refractivity contribution is 0.578. The van der Waals surface area contributed by atoms with E-state index >= 15 is 0 Å². The summed E-state index contributed by atoms with van der Waals surface area (Å²) in [7, 11) is 0. The fourth-order valence-electron chi connectivity index (χ4n) is 2.49. The Kier molecular flexibility index (Phi) is 3.01. The van der Waals surface area contributed by atoms with Crippen molar-refractivity contribution in [3.63, 3.8) is 0 Å². The lowest BCUT2D eigenvalue weighted by Crippen LogP contribution is -2.15. The van der Waals surface area contributed by atoms with E-state index in [2.05, 4.69) is 36.1 Å². The Hall–Kier alpha value is -2.30. The van der Waals surface area contributed by atoms with Crippen molar-refractivity contribution in [2.45, 2.75) is 33.1 Å². The lowest BCUT2D eigenvalue weighted by atomic mass is 9.86. The molecule has 108 valence electrons. The van der Waals surface area contributed by atoms with Crippen LogP contribution in [0.25, 0.3) is 17.0 Å². The van der Waals surface area contributed by atoms with Crippen LogP contribution in [0.5, 0.6) is 0 Å². The number of benzene rings is 1. The van der Waals surface area contributed by atoms with E-state index in [-0.39, 0.29) is 11.2 Å². The predicted octanol–water partition coefficient (Wildman–Crippen LogP) is 3.54. The fourth-order valence-corrected chi connectivity index (χ4v) is 2.49. The molecule has 0 saturated heterocycles. The van der Waals surface area contributed by atoms with Gasteiger partial charge in [0.05, 0.1) is 11.3 Å². The highest BCUT2D eigenvalue weighted by Gasteiger charge is 2.20. The van der Waals surface area contributed by atoms with Crippen molar-refractivity contribution in [3.8, 4) is 11.4 Å². The van der Waals surface area contributed by atoms with E-state index in [1.54, 1.807) is 22.7 Å². The molecule has 0 fully saturated rings. The summed E-state index contributed by atoms with van der Waals surface area (Å²) in [6.45, 7) is 8.33. The van der Waals surface area contributed by atoms with Crippen molar-refractivity contribution in [1.29, 1.82) is 0 Å². The van der Waals surface area contributed by atoms with Crippen molar-refractivity contribution in [3.05, 3.63) is 47.4 Å². The monoisotopic (exact) mass is 284 g/mol. The Bertz CT molecular complexity index is 815. The van der Waals surface area contributed by atoms with E-state index in [1.807, 2.05) is 13.0 Å². The van der Waals surface area contributed by atoms with Gasteiger partial charge in [-0.05, 0) is 36.1 Å². The molecule has 4 nitrogen and oxygen atoms in total. The van der Waals surface area contributed by atoms with E-state index in [9.17, 15) is 4.39 Å². The van der Waals surface area contributed by atoms with Gasteiger partial charge in [0.1, 0.15) is 5.82 Å². The largest absolute Gasteiger partial charge is 0.206 e. The van der Waals surface area contributed by atoms with Gasteiger partial charge in [-0.1, -0.05) is 32.9 Å². The third kappa shape index (κ3) is 2.28. The Morgan fingerprint density at radius 2 is 1.81 bits per heavy atom. The van der Waals surface area contributed by atoms with Crippen LogP contribution in [-0.4, -0.2) is 19.8 Å². The molecule has 0 spiro atoms. The first-order chi connectivity index (χ1) is 9.88. The zero-order valence-electron chi connectivity index (χ0n) is 12.6. The molecule has 5 heteroatoms. The quantitative estimate of drug-likeness (QED) is 0.686. The molecule has 2 aromatic heterocycles. The second kappa shape index (κ2) is 4.62. The average Bonchev–Trinajstić information content (AvgIpc) is 2.80. The molecule has 3 rings (SSSR count). The zero-order chi connectivity index (χ0) is 15.2. The molecular formula is C16H17FN4. The SMILES string of the molecule is Cc1nn2c(-c3ccccc3F)nnc2cc1C(C)(C)C. The molecule has 0 aliphatic carbocycles. The van der Waals surface area contributed by atoms with Gasteiger partial charge in [0.15, 0.2) is 11.5 Å². The van der Waals surface area contributed by atoms with Crippen molar-refractivity contribution in [2.75, 3.05) is 0 Å².